The molecule has 0 saturated heterocycles. The van der Waals surface area contributed by atoms with Crippen molar-refractivity contribution in [3.05, 3.63) is 35.1 Å². The lowest BCUT2D eigenvalue weighted by molar-refractivity contribution is 0.0692. The van der Waals surface area contributed by atoms with Gasteiger partial charge in [0.2, 0.25) is 0 Å². The molecule has 2 rings (SSSR count). The first-order valence-electron chi connectivity index (χ1n) is 6.83. The van der Waals surface area contributed by atoms with E-state index in [-0.39, 0.29) is 5.56 Å². The van der Waals surface area contributed by atoms with Crippen LogP contribution in [0.15, 0.2) is 18.2 Å². The van der Waals surface area contributed by atoms with E-state index in [0.29, 0.717) is 18.5 Å². The first-order valence-corrected chi connectivity index (χ1v) is 6.83. The van der Waals surface area contributed by atoms with Crippen molar-refractivity contribution in [2.75, 3.05) is 0 Å². The van der Waals surface area contributed by atoms with Crippen LogP contribution >= 0.6 is 0 Å². The Bertz CT molecular complexity index is 455. The second-order valence-electron chi connectivity index (χ2n) is 5.33. The Labute approximate surface area is 112 Å². The lowest BCUT2D eigenvalue weighted by atomic mass is 9.99. The summed E-state index contributed by atoms with van der Waals surface area (Å²) >= 11 is 0. The van der Waals surface area contributed by atoms with Gasteiger partial charge in [-0.05, 0) is 43.4 Å². The van der Waals surface area contributed by atoms with Gasteiger partial charge in [0.05, 0.1) is 5.56 Å². The Morgan fingerprint density at radius 1 is 1.47 bits per heavy atom. The Balaban J connectivity index is 1.92. The van der Waals surface area contributed by atoms with Crippen LogP contribution in [0.25, 0.3) is 0 Å². The number of carboxylic acid groups (broad SMARTS) is 1. The monoisotopic (exact) mass is 265 g/mol. The summed E-state index contributed by atoms with van der Waals surface area (Å²) in [7, 11) is 0. The number of nitrogens with one attached hydrogen (secondary N) is 1. The van der Waals surface area contributed by atoms with Crippen molar-refractivity contribution >= 4 is 5.97 Å². The Morgan fingerprint density at radius 3 is 2.74 bits per heavy atom. The second-order valence-corrected chi connectivity index (χ2v) is 5.33. The molecule has 0 aliphatic heterocycles. The average molecular weight is 265 g/mol. The third kappa shape index (κ3) is 3.53. The molecule has 0 aromatic heterocycles. The maximum atomic E-state index is 13.5. The molecule has 1 aromatic carbocycles. The summed E-state index contributed by atoms with van der Waals surface area (Å²) in [6, 6.07) is 4.72. The van der Waals surface area contributed by atoms with E-state index in [1.54, 1.807) is 6.07 Å². The molecule has 1 saturated carbocycles. The van der Waals surface area contributed by atoms with E-state index in [2.05, 4.69) is 12.2 Å². The molecule has 1 aliphatic carbocycles. The van der Waals surface area contributed by atoms with Gasteiger partial charge in [-0.15, -0.1) is 0 Å². The standard InChI is InChI=1S/C15H20FNO2/c1-10(12-4-2-3-5-12)17-9-11-6-7-13(15(18)19)14(16)8-11/h6-8,10,12,17H,2-5,9H2,1H3,(H,18,19). The molecule has 2 N–H and O–H groups in total. The van der Waals surface area contributed by atoms with Crippen molar-refractivity contribution in [3.8, 4) is 0 Å². The third-order valence-electron chi connectivity index (χ3n) is 4.00. The molecule has 0 heterocycles. The first kappa shape index (κ1) is 14.0. The van der Waals surface area contributed by atoms with Crippen molar-refractivity contribution in [2.45, 2.75) is 45.2 Å². The molecule has 0 bridgehead atoms. The van der Waals surface area contributed by atoms with Gasteiger partial charge < -0.3 is 10.4 Å². The second kappa shape index (κ2) is 6.15. The number of carboxylic acids is 1. The molecule has 1 atom stereocenters. The van der Waals surface area contributed by atoms with Crippen LogP contribution in [0.4, 0.5) is 4.39 Å². The van der Waals surface area contributed by atoms with Crippen molar-refractivity contribution in [1.29, 1.82) is 0 Å². The van der Waals surface area contributed by atoms with E-state index in [0.717, 1.165) is 5.56 Å². The van der Waals surface area contributed by atoms with E-state index in [1.165, 1.54) is 37.8 Å². The number of carbonyl (C=O) groups is 1. The molecule has 0 spiro atoms. The highest BCUT2D eigenvalue weighted by Gasteiger charge is 2.21. The van der Waals surface area contributed by atoms with Crippen LogP contribution in [-0.2, 0) is 6.54 Å². The summed E-state index contributed by atoms with van der Waals surface area (Å²) in [5.41, 5.74) is 0.514. The summed E-state index contributed by atoms with van der Waals surface area (Å²) in [5, 5.41) is 12.2. The Morgan fingerprint density at radius 2 is 2.16 bits per heavy atom. The molecular formula is C15H20FNO2. The highest BCUT2D eigenvalue weighted by atomic mass is 19.1. The van der Waals surface area contributed by atoms with Gasteiger partial charge in [0, 0.05) is 12.6 Å². The first-order chi connectivity index (χ1) is 9.08. The van der Waals surface area contributed by atoms with E-state index >= 15 is 0 Å². The van der Waals surface area contributed by atoms with Gasteiger partial charge >= 0.3 is 5.97 Å². The maximum absolute atomic E-state index is 13.5. The average Bonchev–Trinajstić information content (AvgIpc) is 2.89. The summed E-state index contributed by atoms with van der Waals surface area (Å²) in [6.07, 6.45) is 5.14. The fraction of sp³-hybridized carbons (Fsp3) is 0.533. The van der Waals surface area contributed by atoms with Crippen LogP contribution in [0.1, 0.15) is 48.5 Å². The van der Waals surface area contributed by atoms with Crippen molar-refractivity contribution in [1.82, 2.24) is 5.32 Å². The molecule has 104 valence electrons. The Kier molecular flexibility index (Phi) is 4.53. The molecular weight excluding hydrogens is 245 g/mol. The van der Waals surface area contributed by atoms with E-state index in [4.69, 9.17) is 5.11 Å². The minimum Gasteiger partial charge on any atom is -0.478 e. The zero-order chi connectivity index (χ0) is 13.8. The SMILES string of the molecule is CC(NCc1ccc(C(=O)O)c(F)c1)C1CCCC1. The molecule has 1 fully saturated rings. The number of rotatable bonds is 5. The summed E-state index contributed by atoms with van der Waals surface area (Å²) in [4.78, 5) is 10.7. The molecule has 1 unspecified atom stereocenters. The van der Waals surface area contributed by atoms with Gasteiger partial charge in [-0.25, -0.2) is 9.18 Å². The quantitative estimate of drug-likeness (QED) is 0.859. The summed E-state index contributed by atoms with van der Waals surface area (Å²) < 4.78 is 13.5. The van der Waals surface area contributed by atoms with Crippen LogP contribution in [0.2, 0.25) is 0 Å². The van der Waals surface area contributed by atoms with E-state index in [1.807, 2.05) is 0 Å². The molecule has 19 heavy (non-hydrogen) atoms. The number of aromatic carboxylic acids is 1. The molecule has 1 aromatic rings. The lowest BCUT2D eigenvalue weighted by Crippen LogP contribution is -2.31. The van der Waals surface area contributed by atoms with Gasteiger partial charge in [0.25, 0.3) is 0 Å². The number of halogens is 1. The molecule has 4 heteroatoms. The molecule has 0 radical (unpaired) electrons. The normalized spacial score (nSPS) is 17.6. The zero-order valence-electron chi connectivity index (χ0n) is 11.2. The van der Waals surface area contributed by atoms with Crippen LogP contribution in [0, 0.1) is 11.7 Å². The lowest BCUT2D eigenvalue weighted by Gasteiger charge is -2.20. The summed E-state index contributed by atoms with van der Waals surface area (Å²) in [5.74, 6) is -1.18. The van der Waals surface area contributed by atoms with Gasteiger partial charge in [-0.2, -0.15) is 0 Å². The predicted octanol–water partition coefficient (Wildman–Crippen LogP) is 3.19. The zero-order valence-corrected chi connectivity index (χ0v) is 11.2. The number of hydrogen-bond acceptors (Lipinski definition) is 2. The Hall–Kier alpha value is -1.42. The van der Waals surface area contributed by atoms with E-state index < -0.39 is 11.8 Å². The smallest absolute Gasteiger partial charge is 0.338 e. The molecule has 0 amide bonds. The van der Waals surface area contributed by atoms with Gasteiger partial charge in [-0.3, -0.25) is 0 Å². The summed E-state index contributed by atoms with van der Waals surface area (Å²) in [6.45, 7) is 2.74. The minimum absolute atomic E-state index is 0.271. The topological polar surface area (TPSA) is 49.3 Å². The highest BCUT2D eigenvalue weighted by Crippen LogP contribution is 2.27. The van der Waals surface area contributed by atoms with Crippen LogP contribution in [0.3, 0.4) is 0 Å². The van der Waals surface area contributed by atoms with Gasteiger partial charge in [-0.1, -0.05) is 18.9 Å². The van der Waals surface area contributed by atoms with E-state index in [9.17, 15) is 9.18 Å². The number of benzene rings is 1. The van der Waals surface area contributed by atoms with Crippen LogP contribution < -0.4 is 5.32 Å². The molecule has 1 aliphatic rings. The highest BCUT2D eigenvalue weighted by molar-refractivity contribution is 5.87. The van der Waals surface area contributed by atoms with Crippen LogP contribution in [-0.4, -0.2) is 17.1 Å². The third-order valence-corrected chi connectivity index (χ3v) is 4.00. The fourth-order valence-electron chi connectivity index (χ4n) is 2.74. The largest absolute Gasteiger partial charge is 0.478 e. The fourth-order valence-corrected chi connectivity index (χ4v) is 2.74. The van der Waals surface area contributed by atoms with Crippen molar-refractivity contribution in [2.24, 2.45) is 5.92 Å². The molecule has 3 nitrogen and oxygen atoms in total. The predicted molar refractivity (Wildman–Crippen MR) is 71.6 cm³/mol. The number of hydrogen-bond donors (Lipinski definition) is 2. The van der Waals surface area contributed by atoms with Crippen LogP contribution in [0.5, 0.6) is 0 Å². The van der Waals surface area contributed by atoms with Crippen molar-refractivity contribution in [3.63, 3.8) is 0 Å². The maximum Gasteiger partial charge on any atom is 0.338 e. The van der Waals surface area contributed by atoms with Gasteiger partial charge in [0.1, 0.15) is 5.82 Å². The van der Waals surface area contributed by atoms with Crippen molar-refractivity contribution < 1.29 is 14.3 Å². The minimum atomic E-state index is -1.23. The van der Waals surface area contributed by atoms with Gasteiger partial charge in [0.15, 0.2) is 0 Å².